The molecule has 1 atom stereocenters. The van der Waals surface area contributed by atoms with Gasteiger partial charge < -0.3 is 5.32 Å². The molecule has 1 aliphatic rings. The van der Waals surface area contributed by atoms with Gasteiger partial charge in [0.05, 0.1) is 0 Å². The highest BCUT2D eigenvalue weighted by molar-refractivity contribution is 8.00. The van der Waals surface area contributed by atoms with Gasteiger partial charge in [-0.05, 0) is 31.5 Å². The van der Waals surface area contributed by atoms with Crippen molar-refractivity contribution in [2.24, 2.45) is 0 Å². The second kappa shape index (κ2) is 5.52. The first-order valence-electron chi connectivity index (χ1n) is 5.48. The van der Waals surface area contributed by atoms with Crippen LogP contribution in [0.5, 0.6) is 0 Å². The third kappa shape index (κ3) is 3.21. The van der Waals surface area contributed by atoms with E-state index in [9.17, 15) is 4.39 Å². The molecular weight excluding hydrogens is 209 g/mol. The van der Waals surface area contributed by atoms with Crippen LogP contribution in [-0.4, -0.2) is 18.3 Å². The molecule has 1 fully saturated rings. The molecule has 2 rings (SSSR count). The average Bonchev–Trinajstić information content (AvgIpc) is 2.50. The van der Waals surface area contributed by atoms with E-state index < -0.39 is 0 Å². The second-order valence-corrected chi connectivity index (χ2v) is 5.21. The summed E-state index contributed by atoms with van der Waals surface area (Å²) in [4.78, 5) is 0.784. The third-order valence-corrected chi connectivity index (χ3v) is 3.95. The largest absolute Gasteiger partial charge is 0.316 e. The molecule has 0 aromatic heterocycles. The van der Waals surface area contributed by atoms with Crippen molar-refractivity contribution in [2.75, 3.05) is 13.1 Å². The molecule has 1 aliphatic heterocycles. The first-order chi connectivity index (χ1) is 7.36. The highest BCUT2D eigenvalue weighted by Crippen LogP contribution is 2.29. The van der Waals surface area contributed by atoms with Crippen LogP contribution in [0.1, 0.15) is 19.3 Å². The summed E-state index contributed by atoms with van der Waals surface area (Å²) in [7, 11) is 0. The van der Waals surface area contributed by atoms with Gasteiger partial charge in [0.1, 0.15) is 5.82 Å². The van der Waals surface area contributed by atoms with E-state index in [0.717, 1.165) is 18.0 Å². The van der Waals surface area contributed by atoms with Crippen molar-refractivity contribution >= 4 is 11.8 Å². The molecule has 0 radical (unpaired) electrons. The molecule has 1 heterocycles. The summed E-state index contributed by atoms with van der Waals surface area (Å²) >= 11 is 1.67. The van der Waals surface area contributed by atoms with Gasteiger partial charge in [0.2, 0.25) is 0 Å². The Bertz CT molecular complexity index is 308. The Morgan fingerprint density at radius 1 is 1.27 bits per heavy atom. The van der Waals surface area contributed by atoms with Gasteiger partial charge in [-0.15, -0.1) is 11.8 Å². The van der Waals surface area contributed by atoms with E-state index in [1.165, 1.54) is 25.3 Å². The van der Waals surface area contributed by atoms with Gasteiger partial charge in [0, 0.05) is 16.7 Å². The summed E-state index contributed by atoms with van der Waals surface area (Å²) in [6.45, 7) is 2.10. The fourth-order valence-electron chi connectivity index (χ4n) is 1.81. The van der Waals surface area contributed by atoms with E-state index in [1.54, 1.807) is 17.8 Å². The molecule has 1 unspecified atom stereocenters. The zero-order valence-electron chi connectivity index (χ0n) is 8.71. The number of rotatable bonds is 2. The lowest BCUT2D eigenvalue weighted by atomic mass is 10.2. The predicted octanol–water partition coefficient (Wildman–Crippen LogP) is 3.06. The van der Waals surface area contributed by atoms with Crippen LogP contribution in [0.2, 0.25) is 0 Å². The van der Waals surface area contributed by atoms with Gasteiger partial charge in [-0.2, -0.15) is 0 Å². The first kappa shape index (κ1) is 11.0. The third-order valence-electron chi connectivity index (χ3n) is 2.63. The van der Waals surface area contributed by atoms with E-state index in [-0.39, 0.29) is 5.82 Å². The van der Waals surface area contributed by atoms with E-state index >= 15 is 0 Å². The van der Waals surface area contributed by atoms with Crippen molar-refractivity contribution in [1.29, 1.82) is 0 Å². The quantitative estimate of drug-likeness (QED) is 0.830. The topological polar surface area (TPSA) is 12.0 Å². The van der Waals surface area contributed by atoms with Crippen LogP contribution in [0.15, 0.2) is 29.2 Å². The van der Waals surface area contributed by atoms with E-state index in [0.29, 0.717) is 5.25 Å². The van der Waals surface area contributed by atoms with E-state index in [2.05, 4.69) is 5.32 Å². The number of benzene rings is 1. The van der Waals surface area contributed by atoms with Crippen LogP contribution in [0.3, 0.4) is 0 Å². The average molecular weight is 225 g/mol. The van der Waals surface area contributed by atoms with Gasteiger partial charge in [-0.3, -0.25) is 0 Å². The number of halogens is 1. The maximum Gasteiger partial charge on any atom is 0.136 e. The smallest absolute Gasteiger partial charge is 0.136 e. The minimum atomic E-state index is -0.0910. The second-order valence-electron chi connectivity index (χ2n) is 3.87. The van der Waals surface area contributed by atoms with Crippen LogP contribution in [0, 0.1) is 5.82 Å². The fourth-order valence-corrected chi connectivity index (χ4v) is 2.99. The zero-order chi connectivity index (χ0) is 10.5. The molecular formula is C12H16FNS. The monoisotopic (exact) mass is 225 g/mol. The van der Waals surface area contributed by atoms with Crippen LogP contribution in [0.4, 0.5) is 4.39 Å². The summed E-state index contributed by atoms with van der Waals surface area (Å²) < 4.78 is 13.4. The van der Waals surface area contributed by atoms with E-state index in [1.807, 2.05) is 12.1 Å². The Morgan fingerprint density at radius 3 is 3.00 bits per heavy atom. The Labute approximate surface area is 94.5 Å². The Kier molecular flexibility index (Phi) is 4.03. The number of hydrogen-bond acceptors (Lipinski definition) is 2. The molecule has 0 bridgehead atoms. The van der Waals surface area contributed by atoms with Crippen LogP contribution >= 0.6 is 11.8 Å². The normalized spacial score (nSPS) is 22.3. The molecule has 1 nitrogen and oxygen atoms in total. The fraction of sp³-hybridized carbons (Fsp3) is 0.500. The predicted molar refractivity (Wildman–Crippen MR) is 62.8 cm³/mol. The molecule has 15 heavy (non-hydrogen) atoms. The Morgan fingerprint density at radius 2 is 2.13 bits per heavy atom. The molecule has 1 aromatic rings. The molecule has 1 aromatic carbocycles. The zero-order valence-corrected chi connectivity index (χ0v) is 9.52. The summed E-state index contributed by atoms with van der Waals surface area (Å²) in [5.41, 5.74) is 0. The lowest BCUT2D eigenvalue weighted by Gasteiger charge is -2.13. The highest BCUT2D eigenvalue weighted by Gasteiger charge is 2.14. The Hall–Kier alpha value is -0.540. The summed E-state index contributed by atoms with van der Waals surface area (Å²) in [6, 6.07) is 7.04. The molecule has 0 aliphatic carbocycles. The molecule has 0 spiro atoms. The Balaban J connectivity index is 1.98. The summed E-state index contributed by atoms with van der Waals surface area (Å²) in [6.07, 6.45) is 3.68. The number of thioether (sulfide) groups is 1. The van der Waals surface area contributed by atoms with Crippen molar-refractivity contribution in [3.63, 3.8) is 0 Å². The van der Waals surface area contributed by atoms with Crippen molar-refractivity contribution < 1.29 is 4.39 Å². The van der Waals surface area contributed by atoms with E-state index in [4.69, 9.17) is 0 Å². The minimum absolute atomic E-state index is 0.0910. The van der Waals surface area contributed by atoms with Crippen molar-refractivity contribution in [1.82, 2.24) is 5.32 Å². The molecule has 0 amide bonds. The molecule has 82 valence electrons. The van der Waals surface area contributed by atoms with Gasteiger partial charge in [0.25, 0.3) is 0 Å². The van der Waals surface area contributed by atoms with Crippen molar-refractivity contribution in [3.8, 4) is 0 Å². The van der Waals surface area contributed by atoms with Crippen molar-refractivity contribution in [2.45, 2.75) is 29.4 Å². The van der Waals surface area contributed by atoms with Gasteiger partial charge in [-0.25, -0.2) is 4.39 Å². The molecule has 0 saturated carbocycles. The maximum atomic E-state index is 13.4. The standard InChI is InChI=1S/C12H16FNS/c13-11-6-1-2-7-12(11)15-10-5-3-4-8-14-9-10/h1-2,6-7,10,14H,3-5,8-9H2. The summed E-state index contributed by atoms with van der Waals surface area (Å²) in [5, 5.41) is 3.91. The van der Waals surface area contributed by atoms with Gasteiger partial charge >= 0.3 is 0 Å². The SMILES string of the molecule is Fc1ccccc1SC1CCCCNC1. The highest BCUT2D eigenvalue weighted by atomic mass is 32.2. The lowest BCUT2D eigenvalue weighted by Crippen LogP contribution is -2.22. The van der Waals surface area contributed by atoms with Gasteiger partial charge in [-0.1, -0.05) is 18.6 Å². The van der Waals surface area contributed by atoms with Crippen molar-refractivity contribution in [3.05, 3.63) is 30.1 Å². The molecule has 1 saturated heterocycles. The number of hydrogen-bond donors (Lipinski definition) is 1. The minimum Gasteiger partial charge on any atom is -0.316 e. The lowest BCUT2D eigenvalue weighted by molar-refractivity contribution is 0.600. The molecule has 1 N–H and O–H groups in total. The first-order valence-corrected chi connectivity index (χ1v) is 6.36. The number of nitrogens with one attached hydrogen (secondary N) is 1. The van der Waals surface area contributed by atoms with Gasteiger partial charge in [0.15, 0.2) is 0 Å². The van der Waals surface area contributed by atoms with Crippen LogP contribution < -0.4 is 5.32 Å². The summed E-state index contributed by atoms with van der Waals surface area (Å²) in [5.74, 6) is -0.0910. The van der Waals surface area contributed by atoms with Crippen LogP contribution in [-0.2, 0) is 0 Å². The maximum absolute atomic E-state index is 13.4. The van der Waals surface area contributed by atoms with Crippen LogP contribution in [0.25, 0.3) is 0 Å². The molecule has 3 heteroatoms.